The van der Waals surface area contributed by atoms with Gasteiger partial charge in [-0.3, -0.25) is 0 Å². The highest BCUT2D eigenvalue weighted by molar-refractivity contribution is 7.89. The van der Waals surface area contributed by atoms with Crippen LogP contribution in [-0.2, 0) is 15.4 Å². The predicted octanol–water partition coefficient (Wildman–Crippen LogP) is 3.49. The van der Waals surface area contributed by atoms with Gasteiger partial charge in [-0.15, -0.1) is 0 Å². The monoisotopic (exact) mass is 340 g/mol. The van der Waals surface area contributed by atoms with E-state index in [-0.39, 0.29) is 5.41 Å². The molecule has 0 unspecified atom stereocenters. The van der Waals surface area contributed by atoms with Crippen LogP contribution in [0, 0.1) is 6.92 Å². The molecule has 2 aromatic carbocycles. The summed E-state index contributed by atoms with van der Waals surface area (Å²) in [5.74, 6) is 0. The van der Waals surface area contributed by atoms with E-state index in [0.29, 0.717) is 11.4 Å². The van der Waals surface area contributed by atoms with Gasteiger partial charge in [-0.1, -0.05) is 35.9 Å². The Morgan fingerprint density at radius 1 is 1.08 bits per heavy atom. The largest absolute Gasteiger partial charge is 0.361 e. The SMILES string of the molecule is Cc1ccc(S(=O)(=O)NCC2(c3c[nH]c4ccccc34)CC2)cc1. The molecule has 4 rings (SSSR count). The molecule has 0 saturated heterocycles. The number of para-hydroxylation sites is 1. The van der Waals surface area contributed by atoms with Crippen molar-refractivity contribution in [2.24, 2.45) is 0 Å². The molecule has 24 heavy (non-hydrogen) atoms. The van der Waals surface area contributed by atoms with Gasteiger partial charge < -0.3 is 4.98 Å². The summed E-state index contributed by atoms with van der Waals surface area (Å²) in [6.45, 7) is 2.38. The third kappa shape index (κ3) is 2.64. The van der Waals surface area contributed by atoms with Gasteiger partial charge in [-0.2, -0.15) is 0 Å². The third-order valence-corrected chi connectivity index (χ3v) is 6.36. The van der Waals surface area contributed by atoms with E-state index in [0.717, 1.165) is 23.9 Å². The quantitative estimate of drug-likeness (QED) is 0.747. The van der Waals surface area contributed by atoms with Crippen molar-refractivity contribution in [3.8, 4) is 0 Å². The molecule has 1 aliphatic rings. The number of hydrogen-bond acceptors (Lipinski definition) is 2. The summed E-state index contributed by atoms with van der Waals surface area (Å²) in [5.41, 5.74) is 3.27. The Labute approximate surface area is 142 Å². The number of aryl methyl sites for hydroxylation is 1. The molecule has 1 aromatic heterocycles. The van der Waals surface area contributed by atoms with Gasteiger partial charge in [0.05, 0.1) is 4.90 Å². The van der Waals surface area contributed by atoms with Crippen LogP contribution in [0.15, 0.2) is 59.6 Å². The minimum absolute atomic E-state index is 0.0859. The van der Waals surface area contributed by atoms with Crippen LogP contribution in [0.4, 0.5) is 0 Å². The van der Waals surface area contributed by atoms with E-state index < -0.39 is 10.0 Å². The molecule has 0 amide bonds. The molecule has 0 atom stereocenters. The van der Waals surface area contributed by atoms with Crippen LogP contribution in [0.5, 0.6) is 0 Å². The first-order chi connectivity index (χ1) is 11.5. The zero-order chi connectivity index (χ0) is 16.8. The van der Waals surface area contributed by atoms with Gasteiger partial charge in [0.1, 0.15) is 0 Å². The smallest absolute Gasteiger partial charge is 0.240 e. The first kappa shape index (κ1) is 15.4. The van der Waals surface area contributed by atoms with Gasteiger partial charge in [0.15, 0.2) is 0 Å². The normalized spacial score (nSPS) is 16.4. The molecule has 3 aromatic rings. The minimum atomic E-state index is -3.47. The fourth-order valence-electron chi connectivity index (χ4n) is 3.24. The third-order valence-electron chi connectivity index (χ3n) is 4.95. The molecule has 4 nitrogen and oxygen atoms in total. The average molecular weight is 340 g/mol. The zero-order valence-corrected chi connectivity index (χ0v) is 14.4. The van der Waals surface area contributed by atoms with Crippen molar-refractivity contribution < 1.29 is 8.42 Å². The van der Waals surface area contributed by atoms with Crippen molar-refractivity contribution in [2.75, 3.05) is 6.54 Å². The molecular formula is C19H20N2O2S. The number of aromatic nitrogens is 1. The molecule has 5 heteroatoms. The van der Waals surface area contributed by atoms with Gasteiger partial charge in [0.25, 0.3) is 0 Å². The Kier molecular flexibility index (Phi) is 3.51. The van der Waals surface area contributed by atoms with Crippen LogP contribution < -0.4 is 4.72 Å². The van der Waals surface area contributed by atoms with Crippen LogP contribution >= 0.6 is 0 Å². The lowest BCUT2D eigenvalue weighted by atomic mass is 9.96. The second kappa shape index (κ2) is 5.46. The highest BCUT2D eigenvalue weighted by Crippen LogP contribution is 2.50. The highest BCUT2D eigenvalue weighted by atomic mass is 32.2. The molecule has 0 radical (unpaired) electrons. The Balaban J connectivity index is 1.58. The summed E-state index contributed by atoms with van der Waals surface area (Å²) in [5, 5.41) is 1.18. The van der Waals surface area contributed by atoms with Gasteiger partial charge >= 0.3 is 0 Å². The molecule has 1 aliphatic carbocycles. The standard InChI is InChI=1S/C19H20N2O2S/c1-14-6-8-15(9-7-14)24(22,23)21-13-19(10-11-19)17-12-20-18-5-3-2-4-16(17)18/h2-9,12,20-21H,10-11,13H2,1H3. The molecular weight excluding hydrogens is 320 g/mol. The van der Waals surface area contributed by atoms with Crippen molar-refractivity contribution in [1.29, 1.82) is 0 Å². The van der Waals surface area contributed by atoms with Gasteiger partial charge in [0.2, 0.25) is 10.0 Å². The summed E-state index contributed by atoms with van der Waals surface area (Å²) in [7, 11) is -3.47. The van der Waals surface area contributed by atoms with Gasteiger partial charge in [-0.05, 0) is 43.5 Å². The maximum atomic E-state index is 12.5. The van der Waals surface area contributed by atoms with Crippen LogP contribution in [0.25, 0.3) is 10.9 Å². The topological polar surface area (TPSA) is 62.0 Å². The second-order valence-corrected chi connectivity index (χ2v) is 8.43. The minimum Gasteiger partial charge on any atom is -0.361 e. The van der Waals surface area contributed by atoms with Crippen LogP contribution in [0.2, 0.25) is 0 Å². The van der Waals surface area contributed by atoms with Gasteiger partial charge in [-0.25, -0.2) is 13.1 Å². The first-order valence-corrected chi connectivity index (χ1v) is 9.62. The number of H-pyrrole nitrogens is 1. The number of hydrogen-bond donors (Lipinski definition) is 2. The number of rotatable bonds is 5. The molecule has 0 spiro atoms. The summed E-state index contributed by atoms with van der Waals surface area (Å²) in [6, 6.07) is 15.1. The molecule has 0 bridgehead atoms. The van der Waals surface area contributed by atoms with Crippen molar-refractivity contribution in [2.45, 2.75) is 30.1 Å². The van der Waals surface area contributed by atoms with E-state index in [4.69, 9.17) is 0 Å². The Morgan fingerprint density at radius 3 is 2.50 bits per heavy atom. The van der Waals surface area contributed by atoms with E-state index in [1.165, 1.54) is 10.9 Å². The fraction of sp³-hybridized carbons (Fsp3) is 0.263. The first-order valence-electron chi connectivity index (χ1n) is 8.13. The summed E-state index contributed by atoms with van der Waals surface area (Å²) in [4.78, 5) is 3.61. The fourth-order valence-corrected chi connectivity index (χ4v) is 4.36. The van der Waals surface area contributed by atoms with E-state index in [9.17, 15) is 8.42 Å². The number of fused-ring (bicyclic) bond motifs is 1. The Morgan fingerprint density at radius 2 is 1.79 bits per heavy atom. The van der Waals surface area contributed by atoms with Crippen molar-refractivity contribution in [3.05, 3.63) is 65.9 Å². The lowest BCUT2D eigenvalue weighted by molar-refractivity contribution is 0.568. The predicted molar refractivity (Wildman–Crippen MR) is 95.6 cm³/mol. The van der Waals surface area contributed by atoms with E-state index in [2.05, 4.69) is 15.8 Å². The second-order valence-electron chi connectivity index (χ2n) is 6.67. The lowest BCUT2D eigenvalue weighted by Crippen LogP contribution is -2.32. The lowest BCUT2D eigenvalue weighted by Gasteiger charge is -2.16. The van der Waals surface area contributed by atoms with Crippen LogP contribution in [-0.4, -0.2) is 19.9 Å². The van der Waals surface area contributed by atoms with E-state index in [1.807, 2.05) is 43.5 Å². The Hall–Kier alpha value is -2.11. The number of nitrogens with one attached hydrogen (secondary N) is 2. The maximum Gasteiger partial charge on any atom is 0.240 e. The summed E-state index contributed by atoms with van der Waals surface area (Å²) >= 11 is 0. The molecule has 1 heterocycles. The number of benzene rings is 2. The van der Waals surface area contributed by atoms with Crippen molar-refractivity contribution in [1.82, 2.24) is 9.71 Å². The highest BCUT2D eigenvalue weighted by Gasteiger charge is 2.46. The van der Waals surface area contributed by atoms with Gasteiger partial charge in [0, 0.05) is 29.1 Å². The zero-order valence-electron chi connectivity index (χ0n) is 13.5. The average Bonchev–Trinajstić information content (AvgIpc) is 3.24. The summed E-state index contributed by atoms with van der Waals surface area (Å²) in [6.07, 6.45) is 4.04. The van der Waals surface area contributed by atoms with E-state index in [1.54, 1.807) is 12.1 Å². The summed E-state index contributed by atoms with van der Waals surface area (Å²) < 4.78 is 27.9. The number of sulfonamides is 1. The molecule has 2 N–H and O–H groups in total. The van der Waals surface area contributed by atoms with Crippen molar-refractivity contribution >= 4 is 20.9 Å². The van der Waals surface area contributed by atoms with E-state index >= 15 is 0 Å². The molecule has 124 valence electrons. The molecule has 0 aliphatic heterocycles. The Bertz CT molecular complexity index is 984. The number of aromatic amines is 1. The van der Waals surface area contributed by atoms with Crippen LogP contribution in [0.1, 0.15) is 24.0 Å². The molecule has 1 fully saturated rings. The van der Waals surface area contributed by atoms with Crippen LogP contribution in [0.3, 0.4) is 0 Å². The molecule has 1 saturated carbocycles. The van der Waals surface area contributed by atoms with Crippen molar-refractivity contribution in [3.63, 3.8) is 0 Å². The maximum absolute atomic E-state index is 12.5.